The van der Waals surface area contributed by atoms with Crippen molar-refractivity contribution < 1.29 is 9.90 Å². The molecule has 0 saturated heterocycles. The first-order chi connectivity index (χ1) is 10.8. The first kappa shape index (κ1) is 14.7. The second kappa shape index (κ2) is 6.71. The Balaban J connectivity index is 1.86. The normalized spacial score (nSPS) is 15.3. The maximum absolute atomic E-state index is 12.9. The van der Waals surface area contributed by atoms with Crippen LogP contribution < -0.4 is 0 Å². The third-order valence-corrected chi connectivity index (χ3v) is 4.12. The molecule has 4 nitrogen and oxygen atoms in total. The van der Waals surface area contributed by atoms with Crippen molar-refractivity contribution in [1.82, 2.24) is 9.88 Å². The van der Waals surface area contributed by atoms with Gasteiger partial charge in [0.2, 0.25) is 0 Å². The first-order valence-electron chi connectivity index (χ1n) is 7.65. The summed E-state index contributed by atoms with van der Waals surface area (Å²) < 4.78 is 0. The number of aliphatic hydroxyl groups excluding tert-OH is 1. The van der Waals surface area contributed by atoms with Gasteiger partial charge in [-0.1, -0.05) is 30.3 Å². The van der Waals surface area contributed by atoms with E-state index >= 15 is 0 Å². The summed E-state index contributed by atoms with van der Waals surface area (Å²) in [6.07, 6.45) is 5.40. The molecule has 4 heteroatoms. The van der Waals surface area contributed by atoms with Crippen LogP contribution in [0.5, 0.6) is 0 Å². The Hall–Kier alpha value is -2.20. The Kier molecular flexibility index (Phi) is 4.49. The molecule has 2 aromatic rings. The highest BCUT2D eigenvalue weighted by Crippen LogP contribution is 2.36. The van der Waals surface area contributed by atoms with Crippen LogP contribution in [0.15, 0.2) is 54.9 Å². The van der Waals surface area contributed by atoms with Gasteiger partial charge in [0.05, 0.1) is 18.2 Å². The molecule has 3 rings (SSSR count). The zero-order valence-corrected chi connectivity index (χ0v) is 12.4. The van der Waals surface area contributed by atoms with E-state index < -0.39 is 0 Å². The van der Waals surface area contributed by atoms with Crippen molar-refractivity contribution in [2.45, 2.75) is 25.4 Å². The van der Waals surface area contributed by atoms with Crippen molar-refractivity contribution in [3.63, 3.8) is 0 Å². The van der Waals surface area contributed by atoms with E-state index in [2.05, 4.69) is 4.98 Å². The topological polar surface area (TPSA) is 53.4 Å². The fourth-order valence-corrected chi connectivity index (χ4v) is 2.76. The van der Waals surface area contributed by atoms with E-state index in [1.54, 1.807) is 29.4 Å². The third kappa shape index (κ3) is 3.34. The van der Waals surface area contributed by atoms with Crippen LogP contribution in [0.1, 0.15) is 28.8 Å². The molecule has 0 spiro atoms. The standard InChI is InChI=1S/C18H20N2O2/c21-13-17(15-8-9-15)20(12-14-5-2-1-3-6-14)18(22)16-7-4-10-19-11-16/h1-7,10-11,15,17,21H,8-9,12-13H2. The zero-order valence-electron chi connectivity index (χ0n) is 12.4. The largest absolute Gasteiger partial charge is 0.394 e. The highest BCUT2D eigenvalue weighted by atomic mass is 16.3. The number of nitrogens with zero attached hydrogens (tertiary/aromatic N) is 2. The summed E-state index contributed by atoms with van der Waals surface area (Å²) in [6.45, 7) is 0.514. The Morgan fingerprint density at radius 2 is 2.00 bits per heavy atom. The number of rotatable bonds is 6. The van der Waals surface area contributed by atoms with Gasteiger partial charge in [0.15, 0.2) is 0 Å². The van der Waals surface area contributed by atoms with Crippen LogP contribution in [-0.4, -0.2) is 33.5 Å². The van der Waals surface area contributed by atoms with Gasteiger partial charge in [-0.25, -0.2) is 0 Å². The van der Waals surface area contributed by atoms with E-state index in [4.69, 9.17) is 0 Å². The summed E-state index contributed by atoms with van der Waals surface area (Å²) in [4.78, 5) is 18.7. The predicted molar refractivity (Wildman–Crippen MR) is 84.2 cm³/mol. The summed E-state index contributed by atoms with van der Waals surface area (Å²) in [5.41, 5.74) is 1.64. The second-order valence-electron chi connectivity index (χ2n) is 5.75. The van der Waals surface area contributed by atoms with Crippen LogP contribution in [0, 0.1) is 5.92 Å². The van der Waals surface area contributed by atoms with Gasteiger partial charge >= 0.3 is 0 Å². The van der Waals surface area contributed by atoms with Gasteiger partial charge in [0.25, 0.3) is 5.91 Å². The van der Waals surface area contributed by atoms with Crippen LogP contribution >= 0.6 is 0 Å². The molecule has 1 aromatic carbocycles. The summed E-state index contributed by atoms with van der Waals surface area (Å²) in [6, 6.07) is 13.3. The van der Waals surface area contributed by atoms with Gasteiger partial charge < -0.3 is 10.0 Å². The number of hydrogen-bond acceptors (Lipinski definition) is 3. The third-order valence-electron chi connectivity index (χ3n) is 4.12. The quantitative estimate of drug-likeness (QED) is 0.891. The molecule has 114 valence electrons. The van der Waals surface area contributed by atoms with E-state index in [0.717, 1.165) is 18.4 Å². The van der Waals surface area contributed by atoms with Crippen molar-refractivity contribution in [2.24, 2.45) is 5.92 Å². The van der Waals surface area contributed by atoms with Gasteiger partial charge in [0, 0.05) is 18.9 Å². The number of carbonyl (C=O) groups excluding carboxylic acids is 1. The lowest BCUT2D eigenvalue weighted by atomic mass is 10.1. The van der Waals surface area contributed by atoms with Crippen molar-refractivity contribution in [3.8, 4) is 0 Å². The first-order valence-corrected chi connectivity index (χ1v) is 7.65. The molecule has 1 atom stereocenters. The van der Waals surface area contributed by atoms with E-state index in [9.17, 15) is 9.90 Å². The number of aliphatic hydroxyl groups is 1. The summed E-state index contributed by atoms with van der Waals surface area (Å²) >= 11 is 0. The van der Waals surface area contributed by atoms with E-state index in [1.807, 2.05) is 30.3 Å². The SMILES string of the molecule is O=C(c1cccnc1)N(Cc1ccccc1)C(CO)C1CC1. The smallest absolute Gasteiger partial charge is 0.256 e. The molecule has 1 aromatic heterocycles. The molecule has 0 radical (unpaired) electrons. The average molecular weight is 296 g/mol. The van der Waals surface area contributed by atoms with E-state index in [0.29, 0.717) is 18.0 Å². The predicted octanol–water partition coefficient (Wildman–Crippen LogP) is 2.49. The second-order valence-corrected chi connectivity index (χ2v) is 5.75. The zero-order chi connectivity index (χ0) is 15.4. The fourth-order valence-electron chi connectivity index (χ4n) is 2.76. The molecule has 0 bridgehead atoms. The van der Waals surface area contributed by atoms with Crippen molar-refractivity contribution in [1.29, 1.82) is 0 Å². The van der Waals surface area contributed by atoms with Crippen LogP contribution in [0.25, 0.3) is 0 Å². The fraction of sp³-hybridized carbons (Fsp3) is 0.333. The molecule has 1 amide bonds. The summed E-state index contributed by atoms with van der Waals surface area (Å²) in [5.74, 6) is 0.345. The van der Waals surface area contributed by atoms with Crippen molar-refractivity contribution >= 4 is 5.91 Å². The van der Waals surface area contributed by atoms with Crippen molar-refractivity contribution in [2.75, 3.05) is 6.61 Å². The molecular formula is C18H20N2O2. The summed E-state index contributed by atoms with van der Waals surface area (Å²) in [5, 5.41) is 9.77. The van der Waals surface area contributed by atoms with Gasteiger partial charge in [0.1, 0.15) is 0 Å². The number of benzene rings is 1. The minimum Gasteiger partial charge on any atom is -0.394 e. The minimum absolute atomic E-state index is 0.00347. The molecule has 1 fully saturated rings. The number of aromatic nitrogens is 1. The highest BCUT2D eigenvalue weighted by Gasteiger charge is 2.37. The molecule has 1 N–H and O–H groups in total. The molecule has 1 aliphatic carbocycles. The van der Waals surface area contributed by atoms with Crippen LogP contribution in [-0.2, 0) is 6.54 Å². The number of hydrogen-bond donors (Lipinski definition) is 1. The van der Waals surface area contributed by atoms with Crippen LogP contribution in [0.4, 0.5) is 0 Å². The number of pyridine rings is 1. The lowest BCUT2D eigenvalue weighted by molar-refractivity contribution is 0.0531. The Bertz CT molecular complexity index is 611. The van der Waals surface area contributed by atoms with Gasteiger partial charge in [-0.2, -0.15) is 0 Å². The lowest BCUT2D eigenvalue weighted by Crippen LogP contribution is -2.43. The van der Waals surface area contributed by atoms with E-state index in [1.165, 1.54) is 0 Å². The van der Waals surface area contributed by atoms with Gasteiger partial charge in [-0.3, -0.25) is 9.78 Å². The maximum atomic E-state index is 12.9. The molecule has 1 unspecified atom stereocenters. The molecular weight excluding hydrogens is 276 g/mol. The van der Waals surface area contributed by atoms with Gasteiger partial charge in [-0.15, -0.1) is 0 Å². The number of carbonyl (C=O) groups is 1. The molecule has 1 saturated carbocycles. The lowest BCUT2D eigenvalue weighted by Gasteiger charge is -2.31. The average Bonchev–Trinajstić information content (AvgIpc) is 3.41. The summed E-state index contributed by atoms with van der Waals surface area (Å²) in [7, 11) is 0. The van der Waals surface area contributed by atoms with Crippen LogP contribution in [0.3, 0.4) is 0 Å². The molecule has 22 heavy (non-hydrogen) atoms. The molecule has 1 heterocycles. The Morgan fingerprint density at radius 3 is 2.59 bits per heavy atom. The van der Waals surface area contributed by atoms with Gasteiger partial charge in [-0.05, 0) is 36.5 Å². The monoisotopic (exact) mass is 296 g/mol. The Labute approximate surface area is 130 Å². The minimum atomic E-state index is -0.118. The van der Waals surface area contributed by atoms with Crippen LogP contribution in [0.2, 0.25) is 0 Å². The maximum Gasteiger partial charge on any atom is 0.256 e. The molecule has 1 aliphatic rings. The number of amides is 1. The van der Waals surface area contributed by atoms with Crippen molar-refractivity contribution in [3.05, 3.63) is 66.0 Å². The van der Waals surface area contributed by atoms with E-state index in [-0.39, 0.29) is 18.6 Å². The highest BCUT2D eigenvalue weighted by molar-refractivity contribution is 5.94. The molecule has 0 aliphatic heterocycles. The Morgan fingerprint density at radius 1 is 1.23 bits per heavy atom.